The molecule has 0 amide bonds. The molecule has 2 aromatic carbocycles. The van der Waals surface area contributed by atoms with Crippen LogP contribution < -0.4 is 24.6 Å². The maximum Gasteiger partial charge on any atom is 0.348 e. The number of ether oxygens (including phenoxy) is 4. The third-order valence-electron chi connectivity index (χ3n) is 5.37. The lowest BCUT2D eigenvalue weighted by atomic mass is 10.0. The van der Waals surface area contributed by atoms with Crippen molar-refractivity contribution in [1.29, 1.82) is 0 Å². The van der Waals surface area contributed by atoms with Gasteiger partial charge in [0.05, 0.1) is 11.2 Å². The highest BCUT2D eigenvalue weighted by Gasteiger charge is 2.23. The molecule has 3 heterocycles. The molecule has 0 unspecified atom stereocenters. The molecule has 5 rings (SSSR count). The minimum Gasteiger partial charge on any atom is -0.454 e. The van der Waals surface area contributed by atoms with Crippen LogP contribution in [0.1, 0.15) is 32.7 Å². The summed E-state index contributed by atoms with van der Waals surface area (Å²) in [5.74, 6) is 2.65. The zero-order valence-corrected chi connectivity index (χ0v) is 15.7. The highest BCUT2D eigenvalue weighted by atomic mass is 16.7. The monoisotopic (exact) mass is 380 g/mol. The SMILES string of the molecule is CCC(CC)n1c(=O)nc(-c2ccc3c(c2)OCO3)c2cc3c(cc21)OCO3. The van der Waals surface area contributed by atoms with E-state index in [9.17, 15) is 4.79 Å². The summed E-state index contributed by atoms with van der Waals surface area (Å²) in [4.78, 5) is 17.5. The second-order valence-corrected chi connectivity index (χ2v) is 6.87. The van der Waals surface area contributed by atoms with E-state index in [1.165, 1.54) is 0 Å². The lowest BCUT2D eigenvalue weighted by Gasteiger charge is -2.20. The van der Waals surface area contributed by atoms with Crippen LogP contribution >= 0.6 is 0 Å². The zero-order chi connectivity index (χ0) is 19.3. The molecule has 2 aliphatic rings. The van der Waals surface area contributed by atoms with Crippen LogP contribution in [0.3, 0.4) is 0 Å². The van der Waals surface area contributed by atoms with Crippen LogP contribution in [0.5, 0.6) is 23.0 Å². The van der Waals surface area contributed by atoms with E-state index in [0.717, 1.165) is 29.3 Å². The van der Waals surface area contributed by atoms with Crippen LogP contribution in [0.25, 0.3) is 22.2 Å². The van der Waals surface area contributed by atoms with E-state index in [2.05, 4.69) is 18.8 Å². The summed E-state index contributed by atoms with van der Waals surface area (Å²) in [6.07, 6.45) is 1.68. The normalized spacial score (nSPS) is 14.2. The summed E-state index contributed by atoms with van der Waals surface area (Å²) in [6.45, 7) is 4.52. The molecule has 0 saturated carbocycles. The molecule has 0 aliphatic carbocycles. The lowest BCUT2D eigenvalue weighted by molar-refractivity contribution is 0.173. The number of fused-ring (bicyclic) bond motifs is 3. The molecular formula is C21H20N2O5. The summed E-state index contributed by atoms with van der Waals surface area (Å²) in [5.41, 5.74) is 1.92. The summed E-state index contributed by atoms with van der Waals surface area (Å²) in [6, 6.07) is 9.44. The molecule has 144 valence electrons. The molecule has 0 bridgehead atoms. The van der Waals surface area contributed by atoms with Gasteiger partial charge >= 0.3 is 5.69 Å². The Morgan fingerprint density at radius 1 is 0.929 bits per heavy atom. The van der Waals surface area contributed by atoms with Gasteiger partial charge in [-0.05, 0) is 37.1 Å². The maximum absolute atomic E-state index is 13.0. The lowest BCUT2D eigenvalue weighted by Crippen LogP contribution is -2.27. The van der Waals surface area contributed by atoms with E-state index in [0.29, 0.717) is 28.7 Å². The quantitative estimate of drug-likeness (QED) is 0.684. The van der Waals surface area contributed by atoms with Crippen LogP contribution in [0, 0.1) is 0 Å². The number of hydrogen-bond donors (Lipinski definition) is 0. The highest BCUT2D eigenvalue weighted by Crippen LogP contribution is 2.41. The van der Waals surface area contributed by atoms with Gasteiger partial charge in [-0.25, -0.2) is 4.79 Å². The molecular weight excluding hydrogens is 360 g/mol. The first-order chi connectivity index (χ1) is 13.7. The summed E-state index contributed by atoms with van der Waals surface area (Å²) >= 11 is 0. The third kappa shape index (κ3) is 2.50. The number of rotatable bonds is 4. The smallest absolute Gasteiger partial charge is 0.348 e. The first kappa shape index (κ1) is 16.9. The standard InChI is InChI=1S/C21H20N2O5/c1-3-13(4-2)23-15-9-19-18(27-11-28-19)8-14(15)20(22-21(23)24)12-5-6-16-17(7-12)26-10-25-16/h5-9,13H,3-4,10-11H2,1-2H3. The number of nitrogens with zero attached hydrogens (tertiary/aromatic N) is 2. The van der Waals surface area contributed by atoms with Crippen molar-refractivity contribution in [3.8, 4) is 34.3 Å². The average molecular weight is 380 g/mol. The molecule has 0 atom stereocenters. The fourth-order valence-corrected chi connectivity index (χ4v) is 3.90. The van der Waals surface area contributed by atoms with Crippen molar-refractivity contribution in [2.24, 2.45) is 0 Å². The Kier molecular flexibility index (Phi) is 3.89. The van der Waals surface area contributed by atoms with E-state index < -0.39 is 0 Å². The minimum atomic E-state index is -0.271. The van der Waals surface area contributed by atoms with Gasteiger partial charge in [0, 0.05) is 23.1 Å². The van der Waals surface area contributed by atoms with Gasteiger partial charge < -0.3 is 18.9 Å². The number of hydrogen-bond acceptors (Lipinski definition) is 6. The minimum absolute atomic E-state index is 0.0636. The van der Waals surface area contributed by atoms with Crippen molar-refractivity contribution in [2.45, 2.75) is 32.7 Å². The third-order valence-corrected chi connectivity index (χ3v) is 5.37. The van der Waals surface area contributed by atoms with Crippen LogP contribution in [0.4, 0.5) is 0 Å². The fourth-order valence-electron chi connectivity index (χ4n) is 3.90. The van der Waals surface area contributed by atoms with Crippen molar-refractivity contribution >= 4 is 10.9 Å². The van der Waals surface area contributed by atoms with Crippen molar-refractivity contribution in [3.05, 3.63) is 40.8 Å². The van der Waals surface area contributed by atoms with Crippen LogP contribution in [0.2, 0.25) is 0 Å². The Morgan fingerprint density at radius 2 is 1.57 bits per heavy atom. The fraction of sp³-hybridized carbons (Fsp3) is 0.333. The molecule has 28 heavy (non-hydrogen) atoms. The largest absolute Gasteiger partial charge is 0.454 e. The second-order valence-electron chi connectivity index (χ2n) is 6.87. The van der Waals surface area contributed by atoms with E-state index >= 15 is 0 Å². The van der Waals surface area contributed by atoms with Crippen molar-refractivity contribution in [1.82, 2.24) is 9.55 Å². The Bertz CT molecular complexity index is 1130. The zero-order valence-electron chi connectivity index (χ0n) is 15.7. The number of benzene rings is 2. The van der Waals surface area contributed by atoms with Crippen LogP contribution in [-0.2, 0) is 0 Å². The van der Waals surface area contributed by atoms with Gasteiger partial charge in [-0.3, -0.25) is 4.57 Å². The molecule has 7 heteroatoms. The predicted octanol–water partition coefficient (Wildman–Crippen LogP) is 3.88. The molecule has 3 aromatic rings. The van der Waals surface area contributed by atoms with Crippen molar-refractivity contribution in [2.75, 3.05) is 13.6 Å². The van der Waals surface area contributed by atoms with Gasteiger partial charge in [-0.15, -0.1) is 0 Å². The van der Waals surface area contributed by atoms with E-state index in [1.54, 1.807) is 4.57 Å². The summed E-state index contributed by atoms with van der Waals surface area (Å²) in [5, 5.41) is 0.842. The topological polar surface area (TPSA) is 71.8 Å². The Morgan fingerprint density at radius 3 is 2.29 bits per heavy atom. The van der Waals surface area contributed by atoms with Gasteiger partial charge in [0.1, 0.15) is 0 Å². The van der Waals surface area contributed by atoms with E-state index in [4.69, 9.17) is 18.9 Å². The Balaban J connectivity index is 1.81. The van der Waals surface area contributed by atoms with Gasteiger partial charge in [-0.1, -0.05) is 13.8 Å². The molecule has 0 radical (unpaired) electrons. The number of aromatic nitrogens is 2. The summed E-state index contributed by atoms with van der Waals surface area (Å²) < 4.78 is 23.8. The Hall–Kier alpha value is -3.22. The van der Waals surface area contributed by atoms with Gasteiger partial charge in [-0.2, -0.15) is 4.98 Å². The van der Waals surface area contributed by atoms with Gasteiger partial charge in [0.15, 0.2) is 23.0 Å². The van der Waals surface area contributed by atoms with Gasteiger partial charge in [0.2, 0.25) is 13.6 Å². The molecule has 0 N–H and O–H groups in total. The molecule has 0 saturated heterocycles. The second kappa shape index (κ2) is 6.44. The molecule has 0 spiro atoms. The molecule has 1 aromatic heterocycles. The van der Waals surface area contributed by atoms with Crippen molar-refractivity contribution < 1.29 is 18.9 Å². The van der Waals surface area contributed by atoms with Gasteiger partial charge in [0.25, 0.3) is 0 Å². The van der Waals surface area contributed by atoms with E-state index in [1.807, 2.05) is 30.3 Å². The highest BCUT2D eigenvalue weighted by molar-refractivity contribution is 5.95. The molecule has 0 fully saturated rings. The maximum atomic E-state index is 13.0. The predicted molar refractivity (Wildman–Crippen MR) is 103 cm³/mol. The average Bonchev–Trinajstić information content (AvgIpc) is 3.36. The summed E-state index contributed by atoms with van der Waals surface area (Å²) in [7, 11) is 0. The molecule has 2 aliphatic heterocycles. The van der Waals surface area contributed by atoms with E-state index in [-0.39, 0.29) is 25.3 Å². The Labute approximate surface area is 161 Å². The van der Waals surface area contributed by atoms with Crippen molar-refractivity contribution in [3.63, 3.8) is 0 Å². The first-order valence-corrected chi connectivity index (χ1v) is 9.45. The van der Waals surface area contributed by atoms with Crippen LogP contribution in [-0.4, -0.2) is 23.1 Å². The molecule has 7 nitrogen and oxygen atoms in total. The van der Waals surface area contributed by atoms with Crippen LogP contribution in [0.15, 0.2) is 35.1 Å². The first-order valence-electron chi connectivity index (χ1n) is 9.45.